The Morgan fingerprint density at radius 3 is 2.50 bits per heavy atom. The summed E-state index contributed by atoms with van der Waals surface area (Å²) in [5.74, 6) is 0.0134. The zero-order valence-corrected chi connectivity index (χ0v) is 19.1. The Labute approximate surface area is 198 Å². The van der Waals surface area contributed by atoms with Crippen molar-refractivity contribution in [2.75, 3.05) is 13.1 Å². The molecule has 34 heavy (non-hydrogen) atoms. The zero-order valence-electron chi connectivity index (χ0n) is 19.1. The van der Waals surface area contributed by atoms with E-state index in [1.54, 1.807) is 0 Å². The maximum atomic E-state index is 11.1. The van der Waals surface area contributed by atoms with E-state index in [2.05, 4.69) is 52.4 Å². The topological polar surface area (TPSA) is 79.5 Å². The maximum absolute atomic E-state index is 11.1. The molecule has 1 fully saturated rings. The van der Waals surface area contributed by atoms with Crippen molar-refractivity contribution >= 4 is 28.4 Å². The quantitative estimate of drug-likeness (QED) is 0.366. The van der Waals surface area contributed by atoms with Crippen molar-refractivity contribution in [3.8, 4) is 11.5 Å². The molecule has 2 heterocycles. The number of carbonyl (C=O) groups is 1. The lowest BCUT2D eigenvalue weighted by molar-refractivity contribution is -0.147. The van der Waals surface area contributed by atoms with Crippen LogP contribution in [0.15, 0.2) is 71.1 Å². The minimum atomic E-state index is -0.716. The van der Waals surface area contributed by atoms with Gasteiger partial charge in [0.05, 0.1) is 5.92 Å². The van der Waals surface area contributed by atoms with E-state index in [1.807, 2.05) is 42.5 Å². The highest BCUT2D eigenvalue weighted by atomic mass is 16.4. The summed E-state index contributed by atoms with van der Waals surface area (Å²) in [5, 5.41) is 20.0. The summed E-state index contributed by atoms with van der Waals surface area (Å²) in [6.45, 7) is 4.06. The van der Waals surface area contributed by atoms with Gasteiger partial charge in [0.1, 0.15) is 0 Å². The Morgan fingerprint density at radius 1 is 1.03 bits per heavy atom. The van der Waals surface area contributed by atoms with Gasteiger partial charge < -0.3 is 9.52 Å². The first-order chi connectivity index (χ1) is 16.6. The van der Waals surface area contributed by atoms with Gasteiger partial charge >= 0.3 is 5.97 Å². The Bertz CT molecular complexity index is 1340. The standard InChI is InChI=1S/C28H27N3O3/c1-2-8-20(19-9-4-3-5-10-19)15-26-29-30-27(34-26)25-14-13-21(23-11-6-7-12-24(23)25)16-31-17-22(18-31)28(32)33/h3-7,9-15,22H,2,8,16-18H2,1H3,(H,32,33). The van der Waals surface area contributed by atoms with E-state index in [1.165, 1.54) is 5.57 Å². The van der Waals surface area contributed by atoms with Crippen LogP contribution in [0.2, 0.25) is 0 Å². The number of hydrogen-bond acceptors (Lipinski definition) is 5. The number of benzene rings is 3. The van der Waals surface area contributed by atoms with E-state index in [-0.39, 0.29) is 5.92 Å². The fraction of sp³-hybridized carbons (Fsp3) is 0.250. The van der Waals surface area contributed by atoms with Crippen molar-refractivity contribution in [3.63, 3.8) is 0 Å². The van der Waals surface area contributed by atoms with Gasteiger partial charge in [0, 0.05) is 31.3 Å². The second-order valence-corrected chi connectivity index (χ2v) is 8.78. The number of hydrogen-bond donors (Lipinski definition) is 1. The second kappa shape index (κ2) is 9.61. The molecule has 0 bridgehead atoms. The lowest BCUT2D eigenvalue weighted by atomic mass is 9.96. The Morgan fingerprint density at radius 2 is 1.76 bits per heavy atom. The molecule has 1 N–H and O–H groups in total. The Balaban J connectivity index is 1.44. The molecule has 0 amide bonds. The van der Waals surface area contributed by atoms with Crippen molar-refractivity contribution in [2.24, 2.45) is 5.92 Å². The summed E-state index contributed by atoms with van der Waals surface area (Å²) in [6, 6.07) is 22.6. The highest BCUT2D eigenvalue weighted by molar-refractivity contribution is 5.97. The van der Waals surface area contributed by atoms with Crippen LogP contribution in [0, 0.1) is 5.92 Å². The van der Waals surface area contributed by atoms with Crippen molar-refractivity contribution in [1.29, 1.82) is 0 Å². The normalized spacial score (nSPS) is 14.9. The fourth-order valence-electron chi connectivity index (χ4n) is 4.55. The summed E-state index contributed by atoms with van der Waals surface area (Å²) in [7, 11) is 0. The van der Waals surface area contributed by atoms with Crippen molar-refractivity contribution in [1.82, 2.24) is 15.1 Å². The fourth-order valence-corrected chi connectivity index (χ4v) is 4.55. The first kappa shape index (κ1) is 22.0. The van der Waals surface area contributed by atoms with Crippen molar-refractivity contribution < 1.29 is 14.3 Å². The molecule has 6 nitrogen and oxygen atoms in total. The molecular weight excluding hydrogens is 426 g/mol. The van der Waals surface area contributed by atoms with Gasteiger partial charge in [0.15, 0.2) is 0 Å². The molecule has 0 saturated carbocycles. The van der Waals surface area contributed by atoms with Crippen LogP contribution < -0.4 is 0 Å². The van der Waals surface area contributed by atoms with Crippen LogP contribution in [0.5, 0.6) is 0 Å². The lowest BCUT2D eigenvalue weighted by Crippen LogP contribution is -2.49. The number of allylic oxidation sites excluding steroid dienone is 1. The number of carboxylic acids is 1. The van der Waals surface area contributed by atoms with Gasteiger partial charge in [-0.15, -0.1) is 10.2 Å². The summed E-state index contributed by atoms with van der Waals surface area (Å²) in [4.78, 5) is 13.3. The first-order valence-electron chi connectivity index (χ1n) is 11.7. The minimum absolute atomic E-state index is 0.260. The Hall–Kier alpha value is -3.77. The van der Waals surface area contributed by atoms with Gasteiger partial charge in [0.25, 0.3) is 0 Å². The average molecular weight is 454 g/mol. The van der Waals surface area contributed by atoms with Crippen LogP contribution in [0.25, 0.3) is 33.9 Å². The molecule has 0 aliphatic carbocycles. The minimum Gasteiger partial charge on any atom is -0.481 e. The molecule has 172 valence electrons. The molecule has 1 aromatic heterocycles. The molecule has 1 aliphatic rings. The van der Waals surface area contributed by atoms with Crippen LogP contribution in [0.1, 0.15) is 36.8 Å². The van der Waals surface area contributed by atoms with Gasteiger partial charge in [0.2, 0.25) is 11.8 Å². The molecule has 0 atom stereocenters. The van der Waals surface area contributed by atoms with Crippen molar-refractivity contribution in [3.05, 3.63) is 83.7 Å². The number of rotatable bonds is 8. The molecule has 4 aromatic rings. The van der Waals surface area contributed by atoms with E-state index < -0.39 is 5.97 Å². The smallest absolute Gasteiger partial charge is 0.309 e. The van der Waals surface area contributed by atoms with Gasteiger partial charge in [-0.3, -0.25) is 9.69 Å². The molecule has 1 aliphatic heterocycles. The summed E-state index contributed by atoms with van der Waals surface area (Å²) in [5.41, 5.74) is 4.40. The second-order valence-electron chi connectivity index (χ2n) is 8.78. The predicted octanol–water partition coefficient (Wildman–Crippen LogP) is 5.75. The summed E-state index contributed by atoms with van der Waals surface area (Å²) >= 11 is 0. The summed E-state index contributed by atoms with van der Waals surface area (Å²) < 4.78 is 6.10. The lowest BCUT2D eigenvalue weighted by Gasteiger charge is -2.36. The molecule has 3 aromatic carbocycles. The van der Waals surface area contributed by atoms with Gasteiger partial charge in [-0.1, -0.05) is 74.0 Å². The van der Waals surface area contributed by atoms with Crippen LogP contribution in [-0.2, 0) is 11.3 Å². The van der Waals surface area contributed by atoms with Gasteiger partial charge in [-0.05, 0) is 40.0 Å². The molecule has 6 heteroatoms. The molecule has 5 rings (SSSR count). The van der Waals surface area contributed by atoms with Crippen LogP contribution in [0.4, 0.5) is 0 Å². The van der Waals surface area contributed by atoms with E-state index in [0.29, 0.717) is 24.9 Å². The zero-order chi connectivity index (χ0) is 23.5. The number of likely N-dealkylation sites (tertiary alicyclic amines) is 1. The van der Waals surface area contributed by atoms with Crippen LogP contribution in [-0.4, -0.2) is 39.3 Å². The third-order valence-electron chi connectivity index (χ3n) is 6.35. The van der Waals surface area contributed by atoms with Crippen LogP contribution >= 0.6 is 0 Å². The average Bonchev–Trinajstić information content (AvgIpc) is 3.29. The third kappa shape index (κ3) is 4.50. The van der Waals surface area contributed by atoms with Crippen LogP contribution in [0.3, 0.4) is 0 Å². The maximum Gasteiger partial charge on any atom is 0.309 e. The third-order valence-corrected chi connectivity index (χ3v) is 6.35. The largest absolute Gasteiger partial charge is 0.481 e. The molecule has 1 saturated heterocycles. The predicted molar refractivity (Wildman–Crippen MR) is 133 cm³/mol. The van der Waals surface area contributed by atoms with E-state index >= 15 is 0 Å². The molecule has 0 spiro atoms. The van der Waals surface area contributed by atoms with Gasteiger partial charge in [-0.25, -0.2) is 0 Å². The van der Waals surface area contributed by atoms with E-state index in [4.69, 9.17) is 9.52 Å². The number of aliphatic carboxylic acids is 1. The monoisotopic (exact) mass is 453 g/mol. The highest BCUT2D eigenvalue weighted by Crippen LogP contribution is 2.32. The number of fused-ring (bicyclic) bond motifs is 1. The summed E-state index contributed by atoms with van der Waals surface area (Å²) in [6.07, 6.45) is 3.94. The van der Waals surface area contributed by atoms with E-state index in [9.17, 15) is 4.79 Å². The van der Waals surface area contributed by atoms with Gasteiger partial charge in [-0.2, -0.15) is 0 Å². The number of carboxylic acid groups (broad SMARTS) is 1. The molecule has 0 radical (unpaired) electrons. The number of nitrogens with zero attached hydrogens (tertiary/aromatic N) is 3. The first-order valence-corrected chi connectivity index (χ1v) is 11.7. The molecule has 0 unspecified atom stereocenters. The van der Waals surface area contributed by atoms with E-state index in [0.717, 1.165) is 46.8 Å². The van der Waals surface area contributed by atoms with Crippen molar-refractivity contribution in [2.45, 2.75) is 26.3 Å². The molecular formula is C28H27N3O3. The SMILES string of the molecule is CCCC(=Cc1nnc(-c2ccc(CN3CC(C(=O)O)C3)c3ccccc23)o1)c1ccccc1. The highest BCUT2D eigenvalue weighted by Gasteiger charge is 2.32. The Kier molecular flexibility index (Phi) is 6.23. The number of aromatic nitrogens is 2.